The summed E-state index contributed by atoms with van der Waals surface area (Å²) in [7, 11) is 1.80. The summed E-state index contributed by atoms with van der Waals surface area (Å²) in [5.74, 6) is -0.104. The van der Waals surface area contributed by atoms with Crippen LogP contribution >= 0.6 is 0 Å². The smallest absolute Gasteiger partial charge is 0.224 e. The Morgan fingerprint density at radius 3 is 2.74 bits per heavy atom. The van der Waals surface area contributed by atoms with Crippen molar-refractivity contribution in [3.05, 3.63) is 35.6 Å². The highest BCUT2D eigenvalue weighted by Gasteiger charge is 2.18. The first-order valence-electron chi connectivity index (χ1n) is 6.87. The summed E-state index contributed by atoms with van der Waals surface area (Å²) < 4.78 is 12.8. The van der Waals surface area contributed by atoms with Crippen LogP contribution in [0.5, 0.6) is 0 Å². The Labute approximate surface area is 113 Å². The Morgan fingerprint density at radius 2 is 2.11 bits per heavy atom. The summed E-state index contributed by atoms with van der Waals surface area (Å²) >= 11 is 0. The van der Waals surface area contributed by atoms with Crippen molar-refractivity contribution in [2.45, 2.75) is 38.3 Å². The van der Waals surface area contributed by atoms with Crippen molar-refractivity contribution in [1.82, 2.24) is 10.2 Å². The van der Waals surface area contributed by atoms with Crippen LogP contribution in [0, 0.1) is 5.82 Å². The summed E-state index contributed by atoms with van der Waals surface area (Å²) in [5.41, 5.74) is 0.953. The molecule has 0 aromatic heterocycles. The van der Waals surface area contributed by atoms with Gasteiger partial charge in [0.15, 0.2) is 0 Å². The Hall–Kier alpha value is -1.42. The van der Waals surface area contributed by atoms with Gasteiger partial charge in [0, 0.05) is 26.1 Å². The van der Waals surface area contributed by atoms with Crippen LogP contribution < -0.4 is 5.32 Å². The van der Waals surface area contributed by atoms with E-state index < -0.39 is 0 Å². The molecule has 1 fully saturated rings. The molecule has 0 radical (unpaired) electrons. The molecule has 104 valence electrons. The number of nitrogens with zero attached hydrogens (tertiary/aromatic N) is 1. The van der Waals surface area contributed by atoms with Gasteiger partial charge in [-0.3, -0.25) is 4.79 Å². The minimum Gasteiger partial charge on any atom is -0.341 e. The molecule has 1 atom stereocenters. The largest absolute Gasteiger partial charge is 0.341 e. The van der Waals surface area contributed by atoms with Crippen molar-refractivity contribution in [3.63, 3.8) is 0 Å². The number of carbonyl (C=O) groups is 1. The number of piperidine rings is 1. The molecule has 1 aromatic carbocycles. The fraction of sp³-hybridized carbons (Fsp3) is 0.533. The molecule has 1 aromatic rings. The Balaban J connectivity index is 1.83. The summed E-state index contributed by atoms with van der Waals surface area (Å²) in [6.07, 6.45) is 4.04. The molecular formula is C15H21FN2O. The third-order valence-corrected chi connectivity index (χ3v) is 3.59. The van der Waals surface area contributed by atoms with E-state index in [1.165, 1.54) is 25.0 Å². The molecular weight excluding hydrogens is 243 g/mol. The number of amides is 1. The van der Waals surface area contributed by atoms with Gasteiger partial charge in [-0.1, -0.05) is 18.6 Å². The second-order valence-electron chi connectivity index (χ2n) is 5.23. The maximum absolute atomic E-state index is 12.8. The maximum Gasteiger partial charge on any atom is 0.224 e. The van der Waals surface area contributed by atoms with Gasteiger partial charge < -0.3 is 10.2 Å². The summed E-state index contributed by atoms with van der Waals surface area (Å²) in [6, 6.07) is 6.61. The van der Waals surface area contributed by atoms with Gasteiger partial charge in [-0.25, -0.2) is 4.39 Å². The van der Waals surface area contributed by atoms with Gasteiger partial charge in [0.1, 0.15) is 5.82 Å². The standard InChI is InChI=1S/C15H21FN2O/c1-18(11-12-5-7-13(16)8-6-12)15(19)10-14-4-2-3-9-17-14/h5-8,14,17H,2-4,9-11H2,1H3. The molecule has 4 heteroatoms. The highest BCUT2D eigenvalue weighted by molar-refractivity contribution is 5.76. The molecule has 1 unspecified atom stereocenters. The molecule has 3 nitrogen and oxygen atoms in total. The van der Waals surface area contributed by atoms with Gasteiger partial charge in [0.05, 0.1) is 0 Å². The lowest BCUT2D eigenvalue weighted by Crippen LogP contribution is -2.39. The normalized spacial score (nSPS) is 19.2. The number of halogens is 1. The zero-order valence-electron chi connectivity index (χ0n) is 11.4. The van der Waals surface area contributed by atoms with Crippen LogP contribution in [-0.2, 0) is 11.3 Å². The highest BCUT2D eigenvalue weighted by Crippen LogP contribution is 2.12. The molecule has 19 heavy (non-hydrogen) atoms. The average Bonchev–Trinajstić information content (AvgIpc) is 2.42. The predicted molar refractivity (Wildman–Crippen MR) is 73.1 cm³/mol. The average molecular weight is 264 g/mol. The van der Waals surface area contributed by atoms with Crippen LogP contribution in [0.3, 0.4) is 0 Å². The number of carbonyl (C=O) groups excluding carboxylic acids is 1. The summed E-state index contributed by atoms with van der Waals surface area (Å²) in [5, 5.41) is 3.38. The first-order valence-corrected chi connectivity index (χ1v) is 6.87. The number of nitrogens with one attached hydrogen (secondary N) is 1. The maximum atomic E-state index is 12.8. The Morgan fingerprint density at radius 1 is 1.37 bits per heavy atom. The van der Waals surface area contributed by atoms with E-state index in [0.717, 1.165) is 18.5 Å². The van der Waals surface area contributed by atoms with E-state index in [9.17, 15) is 9.18 Å². The second kappa shape index (κ2) is 6.66. The second-order valence-corrected chi connectivity index (χ2v) is 5.23. The first kappa shape index (κ1) is 14.0. The summed E-state index contributed by atoms with van der Waals surface area (Å²) in [6.45, 7) is 1.55. The van der Waals surface area contributed by atoms with Crippen molar-refractivity contribution >= 4 is 5.91 Å². The lowest BCUT2D eigenvalue weighted by atomic mass is 10.0. The molecule has 1 amide bonds. The lowest BCUT2D eigenvalue weighted by Gasteiger charge is -2.25. The van der Waals surface area contributed by atoms with Gasteiger partial charge >= 0.3 is 0 Å². The van der Waals surface area contributed by atoms with Crippen LogP contribution in [0.2, 0.25) is 0 Å². The van der Waals surface area contributed by atoms with Gasteiger partial charge in [0.2, 0.25) is 5.91 Å². The number of hydrogen-bond donors (Lipinski definition) is 1. The Kier molecular flexibility index (Phi) is 4.91. The SMILES string of the molecule is CN(Cc1ccc(F)cc1)C(=O)CC1CCCCN1. The zero-order chi connectivity index (χ0) is 13.7. The summed E-state index contributed by atoms with van der Waals surface area (Å²) in [4.78, 5) is 13.8. The van der Waals surface area contributed by atoms with E-state index in [4.69, 9.17) is 0 Å². The molecule has 1 aliphatic rings. The minimum atomic E-state index is -0.246. The number of hydrogen-bond acceptors (Lipinski definition) is 2. The van der Waals surface area contributed by atoms with Gasteiger partial charge in [0.25, 0.3) is 0 Å². The van der Waals surface area contributed by atoms with E-state index in [-0.39, 0.29) is 11.7 Å². The number of benzene rings is 1. The molecule has 0 spiro atoms. The van der Waals surface area contributed by atoms with Crippen molar-refractivity contribution in [1.29, 1.82) is 0 Å². The molecule has 2 rings (SSSR count). The van der Waals surface area contributed by atoms with Crippen LogP contribution in [-0.4, -0.2) is 30.4 Å². The quantitative estimate of drug-likeness (QED) is 0.905. The fourth-order valence-corrected chi connectivity index (χ4v) is 2.42. The van der Waals surface area contributed by atoms with E-state index in [1.54, 1.807) is 24.1 Å². The van der Waals surface area contributed by atoms with Crippen LogP contribution in [0.4, 0.5) is 4.39 Å². The van der Waals surface area contributed by atoms with Crippen molar-refractivity contribution in [3.8, 4) is 0 Å². The lowest BCUT2D eigenvalue weighted by molar-refractivity contribution is -0.131. The van der Waals surface area contributed by atoms with E-state index in [2.05, 4.69) is 5.32 Å². The monoisotopic (exact) mass is 264 g/mol. The number of rotatable bonds is 4. The molecule has 1 aliphatic heterocycles. The van der Waals surface area contributed by atoms with E-state index in [1.807, 2.05) is 0 Å². The minimum absolute atomic E-state index is 0.142. The van der Waals surface area contributed by atoms with Gasteiger partial charge in [-0.15, -0.1) is 0 Å². The van der Waals surface area contributed by atoms with Crippen LogP contribution in [0.25, 0.3) is 0 Å². The molecule has 1 N–H and O–H groups in total. The highest BCUT2D eigenvalue weighted by atomic mass is 19.1. The van der Waals surface area contributed by atoms with E-state index >= 15 is 0 Å². The molecule has 1 heterocycles. The fourth-order valence-electron chi connectivity index (χ4n) is 2.42. The van der Waals surface area contributed by atoms with Crippen LogP contribution in [0.15, 0.2) is 24.3 Å². The molecule has 0 saturated carbocycles. The van der Waals surface area contributed by atoms with Crippen molar-refractivity contribution in [2.24, 2.45) is 0 Å². The third-order valence-electron chi connectivity index (χ3n) is 3.59. The van der Waals surface area contributed by atoms with Gasteiger partial charge in [-0.2, -0.15) is 0 Å². The Bertz CT molecular complexity index is 413. The van der Waals surface area contributed by atoms with E-state index in [0.29, 0.717) is 19.0 Å². The first-order chi connectivity index (χ1) is 9.15. The topological polar surface area (TPSA) is 32.3 Å². The molecule has 0 aliphatic carbocycles. The van der Waals surface area contributed by atoms with Crippen molar-refractivity contribution < 1.29 is 9.18 Å². The third kappa shape index (κ3) is 4.31. The van der Waals surface area contributed by atoms with Gasteiger partial charge in [-0.05, 0) is 37.1 Å². The zero-order valence-corrected chi connectivity index (χ0v) is 11.4. The van der Waals surface area contributed by atoms with Crippen LogP contribution in [0.1, 0.15) is 31.2 Å². The van der Waals surface area contributed by atoms with Crippen molar-refractivity contribution in [2.75, 3.05) is 13.6 Å². The predicted octanol–water partition coefficient (Wildman–Crippen LogP) is 2.32. The molecule has 0 bridgehead atoms. The molecule has 1 saturated heterocycles.